The second-order valence-corrected chi connectivity index (χ2v) is 5.72. The molecule has 0 bridgehead atoms. The van der Waals surface area contributed by atoms with Gasteiger partial charge in [-0.1, -0.05) is 17.2 Å². The molecule has 1 heterocycles. The molecule has 1 fully saturated rings. The summed E-state index contributed by atoms with van der Waals surface area (Å²) >= 11 is 5.94. The standard InChI is InChI=1S/C15H20ClFN2O.2ClH/c1-10(2)7-14(19-5-3-18-4-6-19)12-8-11(16)9-13(17)15(12)20;;/h8-9,14,18,20H,1,3-7H2,2H3;2*1H/t14-;;/m0../s1. The second kappa shape index (κ2) is 9.58. The molecular formula is C15H22Cl3FN2O. The van der Waals surface area contributed by atoms with Crippen LogP contribution in [0.1, 0.15) is 24.9 Å². The Bertz CT molecular complexity index is 508. The molecule has 0 unspecified atom stereocenters. The van der Waals surface area contributed by atoms with Crippen molar-refractivity contribution in [2.24, 2.45) is 0 Å². The predicted molar refractivity (Wildman–Crippen MR) is 94.2 cm³/mol. The molecule has 0 spiro atoms. The van der Waals surface area contributed by atoms with Crippen LogP contribution >= 0.6 is 36.4 Å². The van der Waals surface area contributed by atoms with Gasteiger partial charge in [0.2, 0.25) is 0 Å². The summed E-state index contributed by atoms with van der Waals surface area (Å²) < 4.78 is 13.7. The zero-order valence-electron chi connectivity index (χ0n) is 12.4. The Hall–Kier alpha value is -0.520. The van der Waals surface area contributed by atoms with Crippen molar-refractivity contribution < 1.29 is 9.50 Å². The number of rotatable bonds is 4. The Morgan fingerprint density at radius 2 is 2.00 bits per heavy atom. The van der Waals surface area contributed by atoms with Gasteiger partial charge in [0.25, 0.3) is 0 Å². The molecule has 1 aromatic carbocycles. The lowest BCUT2D eigenvalue weighted by atomic mass is 9.97. The van der Waals surface area contributed by atoms with Crippen molar-refractivity contribution in [3.8, 4) is 5.75 Å². The molecule has 0 aromatic heterocycles. The van der Waals surface area contributed by atoms with Crippen LogP contribution in [0.5, 0.6) is 5.75 Å². The van der Waals surface area contributed by atoms with E-state index in [4.69, 9.17) is 11.6 Å². The number of benzene rings is 1. The largest absolute Gasteiger partial charge is 0.505 e. The minimum atomic E-state index is -0.672. The van der Waals surface area contributed by atoms with E-state index in [9.17, 15) is 9.50 Å². The van der Waals surface area contributed by atoms with Gasteiger partial charge in [-0.15, -0.1) is 31.4 Å². The van der Waals surface area contributed by atoms with Gasteiger partial charge in [0, 0.05) is 42.8 Å². The highest BCUT2D eigenvalue weighted by molar-refractivity contribution is 6.30. The molecule has 2 N–H and O–H groups in total. The lowest BCUT2D eigenvalue weighted by Gasteiger charge is -2.35. The van der Waals surface area contributed by atoms with Gasteiger partial charge in [0.1, 0.15) is 0 Å². The van der Waals surface area contributed by atoms with Gasteiger partial charge in [-0.3, -0.25) is 4.90 Å². The summed E-state index contributed by atoms with van der Waals surface area (Å²) in [5.41, 5.74) is 1.54. The van der Waals surface area contributed by atoms with Crippen molar-refractivity contribution in [3.05, 3.63) is 40.7 Å². The number of phenolic OH excluding ortho intramolecular Hbond substituents is 1. The normalized spacial score (nSPS) is 16.3. The van der Waals surface area contributed by atoms with Gasteiger partial charge >= 0.3 is 0 Å². The first-order chi connectivity index (χ1) is 9.49. The van der Waals surface area contributed by atoms with Gasteiger partial charge < -0.3 is 10.4 Å². The topological polar surface area (TPSA) is 35.5 Å². The minimum absolute atomic E-state index is 0. The third-order valence-electron chi connectivity index (χ3n) is 3.55. The third kappa shape index (κ3) is 5.28. The number of piperazine rings is 1. The van der Waals surface area contributed by atoms with Crippen LogP contribution in [0.25, 0.3) is 0 Å². The highest BCUT2D eigenvalue weighted by atomic mass is 35.5. The monoisotopic (exact) mass is 370 g/mol. The fraction of sp³-hybridized carbons (Fsp3) is 0.467. The molecule has 0 saturated carbocycles. The number of phenols is 1. The molecule has 0 radical (unpaired) electrons. The number of nitrogens with one attached hydrogen (secondary N) is 1. The summed E-state index contributed by atoms with van der Waals surface area (Å²) in [6.07, 6.45) is 0.674. The molecule has 1 aliphatic rings. The Morgan fingerprint density at radius 1 is 1.41 bits per heavy atom. The maximum Gasteiger partial charge on any atom is 0.166 e. The quantitative estimate of drug-likeness (QED) is 0.787. The highest BCUT2D eigenvalue weighted by Crippen LogP contribution is 2.36. The average molecular weight is 372 g/mol. The summed E-state index contributed by atoms with van der Waals surface area (Å²) in [6, 6.07) is 2.69. The zero-order valence-corrected chi connectivity index (χ0v) is 14.8. The van der Waals surface area contributed by atoms with E-state index in [1.54, 1.807) is 6.07 Å². The first-order valence-electron chi connectivity index (χ1n) is 6.76. The van der Waals surface area contributed by atoms with Crippen molar-refractivity contribution in [1.82, 2.24) is 10.2 Å². The summed E-state index contributed by atoms with van der Waals surface area (Å²) in [4.78, 5) is 2.23. The van der Waals surface area contributed by atoms with Crippen molar-refractivity contribution in [3.63, 3.8) is 0 Å². The van der Waals surface area contributed by atoms with Gasteiger partial charge in [-0.2, -0.15) is 0 Å². The van der Waals surface area contributed by atoms with E-state index in [2.05, 4.69) is 16.8 Å². The van der Waals surface area contributed by atoms with Crippen LogP contribution in [0.3, 0.4) is 0 Å². The van der Waals surface area contributed by atoms with E-state index >= 15 is 0 Å². The predicted octanol–water partition coefficient (Wildman–Crippen LogP) is 3.94. The average Bonchev–Trinajstić information content (AvgIpc) is 2.41. The summed E-state index contributed by atoms with van der Waals surface area (Å²) in [7, 11) is 0. The third-order valence-corrected chi connectivity index (χ3v) is 3.77. The molecule has 2 rings (SSSR count). The van der Waals surface area contributed by atoms with Crippen LogP contribution in [0.15, 0.2) is 24.3 Å². The van der Waals surface area contributed by atoms with E-state index in [0.717, 1.165) is 37.8 Å². The van der Waals surface area contributed by atoms with Crippen molar-refractivity contribution in [2.45, 2.75) is 19.4 Å². The zero-order chi connectivity index (χ0) is 14.7. The molecule has 1 aromatic rings. The van der Waals surface area contributed by atoms with E-state index < -0.39 is 5.82 Å². The molecule has 22 heavy (non-hydrogen) atoms. The number of hydrogen-bond acceptors (Lipinski definition) is 3. The Morgan fingerprint density at radius 3 is 2.55 bits per heavy atom. The summed E-state index contributed by atoms with van der Waals surface area (Å²) in [6.45, 7) is 9.35. The first-order valence-corrected chi connectivity index (χ1v) is 7.14. The van der Waals surface area contributed by atoms with Gasteiger partial charge in [-0.05, 0) is 25.5 Å². The summed E-state index contributed by atoms with van der Waals surface area (Å²) in [5.74, 6) is -0.978. The number of hydrogen-bond donors (Lipinski definition) is 2. The Labute approximate surface area is 148 Å². The van der Waals surface area contributed by atoms with Crippen LogP contribution in [-0.4, -0.2) is 36.2 Å². The second-order valence-electron chi connectivity index (χ2n) is 5.29. The Kier molecular flexibility index (Phi) is 9.35. The van der Waals surface area contributed by atoms with Crippen LogP contribution in [0.2, 0.25) is 5.02 Å². The fourth-order valence-corrected chi connectivity index (χ4v) is 2.81. The lowest BCUT2D eigenvalue weighted by Crippen LogP contribution is -2.45. The SMILES string of the molecule is C=C(C)C[C@@H](c1cc(Cl)cc(F)c1O)N1CCNCC1.Cl.Cl. The van der Waals surface area contributed by atoms with E-state index in [1.165, 1.54) is 0 Å². The molecule has 1 saturated heterocycles. The number of nitrogens with zero attached hydrogens (tertiary/aromatic N) is 1. The van der Waals surface area contributed by atoms with Crippen molar-refractivity contribution >= 4 is 36.4 Å². The van der Waals surface area contributed by atoms with Crippen LogP contribution in [-0.2, 0) is 0 Å². The van der Waals surface area contributed by atoms with E-state index in [-0.39, 0.29) is 36.6 Å². The van der Waals surface area contributed by atoms with Crippen LogP contribution < -0.4 is 5.32 Å². The highest BCUT2D eigenvalue weighted by Gasteiger charge is 2.26. The van der Waals surface area contributed by atoms with E-state index in [1.807, 2.05) is 6.92 Å². The molecule has 0 amide bonds. The maximum atomic E-state index is 13.7. The van der Waals surface area contributed by atoms with Crippen molar-refractivity contribution in [1.29, 1.82) is 0 Å². The van der Waals surface area contributed by atoms with Gasteiger partial charge in [0.15, 0.2) is 11.6 Å². The number of aromatic hydroxyl groups is 1. The summed E-state index contributed by atoms with van der Waals surface area (Å²) in [5, 5.41) is 13.6. The molecule has 7 heteroatoms. The van der Waals surface area contributed by atoms with Crippen LogP contribution in [0.4, 0.5) is 4.39 Å². The number of halogens is 4. The fourth-order valence-electron chi connectivity index (χ4n) is 2.60. The molecule has 1 atom stereocenters. The smallest absolute Gasteiger partial charge is 0.166 e. The maximum absolute atomic E-state index is 13.7. The molecule has 3 nitrogen and oxygen atoms in total. The lowest BCUT2D eigenvalue weighted by molar-refractivity contribution is 0.169. The van der Waals surface area contributed by atoms with Gasteiger partial charge in [0.05, 0.1) is 0 Å². The van der Waals surface area contributed by atoms with Crippen LogP contribution in [0, 0.1) is 5.82 Å². The van der Waals surface area contributed by atoms with Gasteiger partial charge in [-0.25, -0.2) is 4.39 Å². The minimum Gasteiger partial charge on any atom is -0.505 e. The Balaban J connectivity index is 0.00000220. The molecule has 126 valence electrons. The molecule has 1 aliphatic heterocycles. The van der Waals surface area contributed by atoms with Crippen molar-refractivity contribution in [2.75, 3.05) is 26.2 Å². The molecular weight excluding hydrogens is 350 g/mol. The molecule has 0 aliphatic carbocycles. The van der Waals surface area contributed by atoms with E-state index in [0.29, 0.717) is 17.0 Å². The first kappa shape index (κ1) is 21.5.